The number of para-hydroxylation sites is 1. The number of nitrogens with zero attached hydrogens (tertiary/aromatic N) is 1. The fraction of sp³-hybridized carbons (Fsp3) is 0.0455. The Kier molecular flexibility index (Phi) is 6.79. The highest BCUT2D eigenvalue weighted by Gasteiger charge is 2.33. The summed E-state index contributed by atoms with van der Waals surface area (Å²) in [5.74, 6) is 4.49. The number of phenols is 1. The van der Waals surface area contributed by atoms with Crippen molar-refractivity contribution in [1.29, 1.82) is 0 Å². The summed E-state index contributed by atoms with van der Waals surface area (Å²) in [6, 6.07) is 20.5. The number of amides is 1. The van der Waals surface area contributed by atoms with E-state index < -0.39 is 15.9 Å². The molecule has 0 saturated carbocycles. The number of aromatic hydroxyl groups is 1. The molecule has 0 aliphatic heterocycles. The first-order chi connectivity index (χ1) is 14.8. The maximum absolute atomic E-state index is 13.7. The van der Waals surface area contributed by atoms with Crippen LogP contribution in [0.1, 0.15) is 12.5 Å². The predicted octanol–water partition coefficient (Wildman–Crippen LogP) is 3.77. The van der Waals surface area contributed by atoms with E-state index in [9.17, 15) is 18.3 Å². The molecule has 31 heavy (non-hydrogen) atoms. The molecular weight excluding hydrogens is 482 g/mol. The number of anilines is 1. The molecule has 0 fully saturated rings. The Morgan fingerprint density at radius 3 is 2.13 bits per heavy atom. The van der Waals surface area contributed by atoms with Crippen LogP contribution in [0, 0.1) is 0 Å². The highest BCUT2D eigenvalue weighted by molar-refractivity contribution is 9.10. The molecule has 160 valence electrons. The van der Waals surface area contributed by atoms with Crippen molar-refractivity contribution in [2.75, 3.05) is 4.31 Å². The number of sulfonamides is 1. The van der Waals surface area contributed by atoms with Crippen LogP contribution in [-0.4, -0.2) is 19.4 Å². The highest BCUT2D eigenvalue weighted by Crippen LogP contribution is 2.35. The number of carbonyl (C=O) groups is 1. The van der Waals surface area contributed by atoms with Gasteiger partial charge in [-0.15, -0.1) is 0 Å². The van der Waals surface area contributed by atoms with Crippen LogP contribution in [0.4, 0.5) is 5.69 Å². The predicted molar refractivity (Wildman–Crippen MR) is 123 cm³/mol. The third kappa shape index (κ3) is 4.63. The van der Waals surface area contributed by atoms with Crippen LogP contribution < -0.4 is 15.6 Å². The zero-order valence-electron chi connectivity index (χ0n) is 16.5. The number of halogens is 1. The summed E-state index contributed by atoms with van der Waals surface area (Å²) < 4.78 is 29.1. The Bertz CT molecular complexity index is 1230. The molecule has 0 bridgehead atoms. The van der Waals surface area contributed by atoms with Gasteiger partial charge in [-0.25, -0.2) is 18.6 Å². The molecule has 3 aromatic rings. The summed E-state index contributed by atoms with van der Waals surface area (Å²) in [6.07, 6.45) is 0. The lowest BCUT2D eigenvalue weighted by Gasteiger charge is -2.28. The quantitative estimate of drug-likeness (QED) is 0.206. The van der Waals surface area contributed by atoms with E-state index in [1.165, 1.54) is 18.2 Å². The normalized spacial score (nSPS) is 12.1. The van der Waals surface area contributed by atoms with Crippen molar-refractivity contribution in [3.05, 3.63) is 94.6 Å². The van der Waals surface area contributed by atoms with Crippen molar-refractivity contribution in [2.45, 2.75) is 11.8 Å². The van der Waals surface area contributed by atoms with Gasteiger partial charge in [0.05, 0.1) is 10.6 Å². The van der Waals surface area contributed by atoms with Gasteiger partial charge in [0.15, 0.2) is 0 Å². The Morgan fingerprint density at radius 2 is 1.55 bits per heavy atom. The molecule has 3 aromatic carbocycles. The molecule has 9 heteroatoms. The van der Waals surface area contributed by atoms with Crippen LogP contribution in [0.25, 0.3) is 5.57 Å². The monoisotopic (exact) mass is 501 g/mol. The maximum atomic E-state index is 13.7. The van der Waals surface area contributed by atoms with Gasteiger partial charge in [0.2, 0.25) is 0 Å². The lowest BCUT2D eigenvalue weighted by molar-refractivity contribution is -0.117. The van der Waals surface area contributed by atoms with Gasteiger partial charge in [-0.05, 0) is 55.0 Å². The Morgan fingerprint density at radius 1 is 0.968 bits per heavy atom. The topological polar surface area (TPSA) is 113 Å². The number of hydrogen-bond donors (Lipinski definition) is 3. The minimum Gasteiger partial charge on any atom is -0.507 e. The van der Waals surface area contributed by atoms with Gasteiger partial charge in [0.25, 0.3) is 15.9 Å². The van der Waals surface area contributed by atoms with Gasteiger partial charge >= 0.3 is 0 Å². The fourth-order valence-electron chi connectivity index (χ4n) is 3.06. The van der Waals surface area contributed by atoms with Crippen molar-refractivity contribution in [3.8, 4) is 5.75 Å². The zero-order chi connectivity index (χ0) is 22.6. The number of carbonyl (C=O) groups excluding carboxylic acids is 1. The lowest BCUT2D eigenvalue weighted by Crippen LogP contribution is -2.42. The van der Waals surface area contributed by atoms with Gasteiger partial charge in [0.1, 0.15) is 11.4 Å². The second-order valence-electron chi connectivity index (χ2n) is 6.52. The highest BCUT2D eigenvalue weighted by atomic mass is 79.9. The van der Waals surface area contributed by atoms with Crippen molar-refractivity contribution in [3.63, 3.8) is 0 Å². The first-order valence-corrected chi connectivity index (χ1v) is 11.4. The van der Waals surface area contributed by atoms with Gasteiger partial charge in [0, 0.05) is 10.0 Å². The summed E-state index contributed by atoms with van der Waals surface area (Å²) in [5.41, 5.74) is 2.53. The van der Waals surface area contributed by atoms with Crippen LogP contribution in [0.15, 0.2) is 93.9 Å². The van der Waals surface area contributed by atoms with Crippen LogP contribution in [0.2, 0.25) is 0 Å². The van der Waals surface area contributed by atoms with Crippen molar-refractivity contribution >= 4 is 43.1 Å². The molecule has 0 radical (unpaired) electrons. The number of phenolic OH excluding ortho intramolecular Hbond substituents is 1. The van der Waals surface area contributed by atoms with E-state index >= 15 is 0 Å². The van der Waals surface area contributed by atoms with Crippen LogP contribution in [0.5, 0.6) is 5.75 Å². The summed E-state index contributed by atoms with van der Waals surface area (Å²) >= 11 is 3.33. The number of benzene rings is 3. The van der Waals surface area contributed by atoms with Crippen molar-refractivity contribution in [2.24, 2.45) is 5.84 Å². The van der Waals surface area contributed by atoms with E-state index in [2.05, 4.69) is 15.9 Å². The van der Waals surface area contributed by atoms with E-state index in [4.69, 9.17) is 5.84 Å². The molecule has 0 heterocycles. The second kappa shape index (κ2) is 9.34. The number of nitrogens with one attached hydrogen (secondary N) is 1. The molecule has 0 aliphatic carbocycles. The van der Waals surface area contributed by atoms with Crippen LogP contribution in [-0.2, 0) is 14.8 Å². The number of hydrazine groups is 1. The minimum absolute atomic E-state index is 0.00896. The third-order valence-corrected chi connectivity index (χ3v) is 6.83. The van der Waals surface area contributed by atoms with Crippen LogP contribution >= 0.6 is 15.9 Å². The number of hydrogen-bond acceptors (Lipinski definition) is 5. The van der Waals surface area contributed by atoms with E-state index in [-0.39, 0.29) is 27.6 Å². The SMILES string of the molecule is CC(=C(C(=O)NN)N(c1ccc(Br)cc1)S(=O)(=O)c1ccccc1)c1ccccc1O. The van der Waals surface area contributed by atoms with Gasteiger partial charge < -0.3 is 5.11 Å². The maximum Gasteiger partial charge on any atom is 0.283 e. The average molecular weight is 502 g/mol. The standard InChI is InChI=1S/C22H20BrN3O4S/c1-15(19-9-5-6-10-20(19)27)21(22(28)25-24)26(17-13-11-16(23)12-14-17)31(29,30)18-7-3-2-4-8-18/h2-14,27H,24H2,1H3,(H,25,28). The molecular formula is C22H20BrN3O4S. The van der Waals surface area contributed by atoms with Gasteiger partial charge in [-0.1, -0.05) is 52.3 Å². The smallest absolute Gasteiger partial charge is 0.283 e. The van der Waals surface area contributed by atoms with Gasteiger partial charge in [-0.2, -0.15) is 0 Å². The Labute approximate surface area is 189 Å². The summed E-state index contributed by atoms with van der Waals surface area (Å²) in [5, 5.41) is 10.3. The number of rotatable bonds is 6. The molecule has 7 nitrogen and oxygen atoms in total. The molecule has 4 N–H and O–H groups in total. The molecule has 0 atom stereocenters. The molecule has 0 unspecified atom stereocenters. The molecule has 3 rings (SSSR count). The Balaban J connectivity index is 2.37. The zero-order valence-corrected chi connectivity index (χ0v) is 18.9. The summed E-state index contributed by atoms with van der Waals surface area (Å²) in [7, 11) is -4.23. The Hall–Kier alpha value is -3.14. The van der Waals surface area contributed by atoms with Crippen molar-refractivity contribution < 1.29 is 18.3 Å². The van der Waals surface area contributed by atoms with E-state index in [1.807, 2.05) is 5.43 Å². The first kappa shape index (κ1) is 22.5. The largest absolute Gasteiger partial charge is 0.507 e. The minimum atomic E-state index is -4.23. The number of allylic oxidation sites excluding steroid dienone is 1. The van der Waals surface area contributed by atoms with Crippen molar-refractivity contribution in [1.82, 2.24) is 5.43 Å². The van der Waals surface area contributed by atoms with E-state index in [0.29, 0.717) is 5.56 Å². The van der Waals surface area contributed by atoms with Crippen LogP contribution in [0.3, 0.4) is 0 Å². The van der Waals surface area contributed by atoms with E-state index in [1.54, 1.807) is 67.6 Å². The molecule has 1 amide bonds. The number of nitrogens with two attached hydrogens (primary N) is 1. The average Bonchev–Trinajstić information content (AvgIpc) is 2.78. The summed E-state index contributed by atoms with van der Waals surface area (Å²) in [4.78, 5) is 12.9. The molecule has 0 aliphatic rings. The fourth-order valence-corrected chi connectivity index (χ4v) is 4.90. The first-order valence-electron chi connectivity index (χ1n) is 9.13. The molecule has 0 spiro atoms. The summed E-state index contributed by atoms with van der Waals surface area (Å²) in [6.45, 7) is 1.55. The van der Waals surface area contributed by atoms with Gasteiger partial charge in [-0.3, -0.25) is 10.2 Å². The van der Waals surface area contributed by atoms with E-state index in [0.717, 1.165) is 8.78 Å². The third-order valence-electron chi connectivity index (χ3n) is 4.56. The lowest BCUT2D eigenvalue weighted by atomic mass is 10.0. The molecule has 0 aromatic heterocycles. The molecule has 0 saturated heterocycles. The second-order valence-corrected chi connectivity index (χ2v) is 9.23.